The van der Waals surface area contributed by atoms with Crippen LogP contribution in [0.3, 0.4) is 0 Å². The predicted octanol–water partition coefficient (Wildman–Crippen LogP) is 0.460. The summed E-state index contributed by atoms with van der Waals surface area (Å²) in [5, 5.41) is 9.81. The minimum absolute atomic E-state index is 0.252. The van der Waals surface area contributed by atoms with Crippen molar-refractivity contribution in [3.8, 4) is 5.19 Å². The lowest BCUT2D eigenvalue weighted by atomic mass is 9.74. The molecule has 72 valence electrons. The Morgan fingerprint density at radius 3 is 2.92 bits per heavy atom. The lowest BCUT2D eigenvalue weighted by molar-refractivity contribution is 0.0226. The summed E-state index contributed by atoms with van der Waals surface area (Å²) >= 11 is 1.45. The summed E-state index contributed by atoms with van der Waals surface area (Å²) in [7, 11) is 1.58. The van der Waals surface area contributed by atoms with Gasteiger partial charge in [-0.15, -0.1) is 0 Å². The van der Waals surface area contributed by atoms with E-state index >= 15 is 0 Å². The molecule has 4 nitrogen and oxygen atoms in total. The summed E-state index contributed by atoms with van der Waals surface area (Å²) in [5.41, 5.74) is 5.67. The van der Waals surface area contributed by atoms with Crippen LogP contribution in [0.5, 0.6) is 5.19 Å². The van der Waals surface area contributed by atoms with E-state index in [1.165, 1.54) is 11.3 Å². The number of nitrogens with zero attached hydrogens (tertiary/aromatic N) is 1. The van der Waals surface area contributed by atoms with Gasteiger partial charge in [-0.1, -0.05) is 11.3 Å². The Bertz CT molecular complexity index is 307. The molecule has 0 amide bonds. The Balaban J connectivity index is 2.16. The Hall–Kier alpha value is -0.650. The van der Waals surface area contributed by atoms with Crippen molar-refractivity contribution < 1.29 is 9.84 Å². The first-order chi connectivity index (χ1) is 6.14. The molecule has 1 saturated carbocycles. The maximum Gasteiger partial charge on any atom is 0.273 e. The third-order valence-corrected chi connectivity index (χ3v) is 3.53. The van der Waals surface area contributed by atoms with Gasteiger partial charge >= 0.3 is 0 Å². The fraction of sp³-hybridized carbons (Fsp3) is 0.625. The zero-order chi connectivity index (χ0) is 9.47. The average Bonchev–Trinajstić information content (AvgIpc) is 2.49. The van der Waals surface area contributed by atoms with Crippen LogP contribution in [0.15, 0.2) is 6.20 Å². The van der Waals surface area contributed by atoms with Crippen molar-refractivity contribution in [2.75, 3.05) is 7.11 Å². The van der Waals surface area contributed by atoms with E-state index in [0.29, 0.717) is 18.0 Å². The van der Waals surface area contributed by atoms with Crippen molar-refractivity contribution in [3.63, 3.8) is 0 Å². The quantitative estimate of drug-likeness (QED) is 0.727. The molecule has 13 heavy (non-hydrogen) atoms. The second kappa shape index (κ2) is 2.94. The molecular weight excluding hydrogens is 188 g/mol. The first kappa shape index (κ1) is 8.93. The molecule has 0 aliphatic heterocycles. The molecule has 0 saturated heterocycles. The van der Waals surface area contributed by atoms with Crippen molar-refractivity contribution in [2.24, 2.45) is 5.73 Å². The fourth-order valence-electron chi connectivity index (χ4n) is 1.56. The molecule has 0 spiro atoms. The van der Waals surface area contributed by atoms with Gasteiger partial charge in [0.1, 0.15) is 0 Å². The van der Waals surface area contributed by atoms with Gasteiger partial charge in [0.05, 0.1) is 18.8 Å². The molecule has 1 aliphatic rings. The topological polar surface area (TPSA) is 68.4 Å². The molecular formula is C8H12N2O2S. The van der Waals surface area contributed by atoms with Gasteiger partial charge in [-0.2, -0.15) is 0 Å². The summed E-state index contributed by atoms with van der Waals surface area (Å²) in [6, 6.07) is 0. The zero-order valence-corrected chi connectivity index (χ0v) is 8.17. The van der Waals surface area contributed by atoms with Gasteiger partial charge in [0.15, 0.2) is 0 Å². The number of aliphatic hydroxyl groups excluding tert-OH is 1. The molecule has 2 rings (SSSR count). The first-order valence-electron chi connectivity index (χ1n) is 4.11. The Kier molecular flexibility index (Phi) is 2.02. The highest BCUT2D eigenvalue weighted by molar-refractivity contribution is 7.13. The third-order valence-electron chi connectivity index (χ3n) is 2.35. The van der Waals surface area contributed by atoms with Crippen LogP contribution in [0, 0.1) is 0 Å². The molecule has 0 unspecified atom stereocenters. The number of ether oxygens (including phenoxy) is 1. The summed E-state index contributed by atoms with van der Waals surface area (Å²) in [4.78, 5) is 5.04. The number of hydrogen-bond acceptors (Lipinski definition) is 5. The highest BCUT2D eigenvalue weighted by Gasteiger charge is 2.42. The molecule has 0 radical (unpaired) electrons. The maximum absolute atomic E-state index is 9.18. The lowest BCUT2D eigenvalue weighted by Gasteiger charge is -2.41. The van der Waals surface area contributed by atoms with E-state index in [4.69, 9.17) is 10.5 Å². The molecule has 1 fully saturated rings. The molecule has 1 heterocycles. The molecule has 1 aliphatic carbocycles. The van der Waals surface area contributed by atoms with Gasteiger partial charge < -0.3 is 15.6 Å². The Labute approximate surface area is 80.4 Å². The van der Waals surface area contributed by atoms with Crippen molar-refractivity contribution in [2.45, 2.75) is 24.5 Å². The predicted molar refractivity (Wildman–Crippen MR) is 49.8 cm³/mol. The van der Waals surface area contributed by atoms with Crippen LogP contribution in [0.1, 0.15) is 17.7 Å². The van der Waals surface area contributed by atoms with E-state index in [1.54, 1.807) is 13.3 Å². The minimum Gasteiger partial charge on any atom is -0.473 e. The van der Waals surface area contributed by atoms with Crippen LogP contribution in [-0.2, 0) is 5.54 Å². The zero-order valence-electron chi connectivity index (χ0n) is 7.36. The SMILES string of the molecule is COc1ncc(C2(N)CC(O)C2)s1. The van der Waals surface area contributed by atoms with Crippen molar-refractivity contribution >= 4 is 11.3 Å². The molecule has 0 aromatic carbocycles. The normalized spacial score (nSPS) is 32.7. The number of thiazole rings is 1. The van der Waals surface area contributed by atoms with Crippen molar-refractivity contribution in [3.05, 3.63) is 11.1 Å². The third kappa shape index (κ3) is 1.43. The van der Waals surface area contributed by atoms with Crippen LogP contribution in [0.4, 0.5) is 0 Å². The van der Waals surface area contributed by atoms with Crippen LogP contribution in [-0.4, -0.2) is 23.3 Å². The number of nitrogens with two attached hydrogens (primary N) is 1. The van der Waals surface area contributed by atoms with Gasteiger partial charge in [0.25, 0.3) is 5.19 Å². The van der Waals surface area contributed by atoms with E-state index in [1.807, 2.05) is 0 Å². The van der Waals surface area contributed by atoms with E-state index < -0.39 is 0 Å². The lowest BCUT2D eigenvalue weighted by Crippen LogP contribution is -2.51. The van der Waals surface area contributed by atoms with E-state index in [0.717, 1.165) is 4.88 Å². The number of hydrogen-bond donors (Lipinski definition) is 2. The maximum atomic E-state index is 9.18. The van der Waals surface area contributed by atoms with Crippen molar-refractivity contribution in [1.29, 1.82) is 0 Å². The molecule has 0 atom stereocenters. The molecule has 1 aromatic rings. The number of aromatic nitrogens is 1. The largest absolute Gasteiger partial charge is 0.473 e. The Morgan fingerprint density at radius 1 is 1.77 bits per heavy atom. The fourth-order valence-corrected chi connectivity index (χ4v) is 2.42. The van der Waals surface area contributed by atoms with Gasteiger partial charge in [0, 0.05) is 11.1 Å². The first-order valence-corrected chi connectivity index (χ1v) is 4.93. The van der Waals surface area contributed by atoms with E-state index in [-0.39, 0.29) is 11.6 Å². The van der Waals surface area contributed by atoms with Crippen LogP contribution < -0.4 is 10.5 Å². The van der Waals surface area contributed by atoms with Gasteiger partial charge in [-0.05, 0) is 12.8 Å². The minimum atomic E-state index is -0.367. The van der Waals surface area contributed by atoms with E-state index in [9.17, 15) is 5.11 Å². The molecule has 3 N–H and O–H groups in total. The molecule has 5 heteroatoms. The van der Waals surface area contributed by atoms with E-state index in [2.05, 4.69) is 4.98 Å². The van der Waals surface area contributed by atoms with Gasteiger partial charge in [0.2, 0.25) is 0 Å². The van der Waals surface area contributed by atoms with Gasteiger partial charge in [-0.25, -0.2) is 4.98 Å². The Morgan fingerprint density at radius 2 is 2.46 bits per heavy atom. The standard InChI is InChI=1S/C8H12N2O2S/c1-12-7-10-4-6(13-7)8(9)2-5(11)3-8/h4-5,11H,2-3,9H2,1H3. The molecule has 1 aromatic heterocycles. The molecule has 0 bridgehead atoms. The van der Waals surface area contributed by atoms with Crippen molar-refractivity contribution in [1.82, 2.24) is 4.98 Å². The smallest absolute Gasteiger partial charge is 0.273 e. The van der Waals surface area contributed by atoms with Crippen LogP contribution >= 0.6 is 11.3 Å². The van der Waals surface area contributed by atoms with Crippen LogP contribution in [0.25, 0.3) is 0 Å². The number of rotatable bonds is 2. The highest BCUT2D eigenvalue weighted by atomic mass is 32.1. The average molecular weight is 200 g/mol. The number of aliphatic hydroxyl groups is 1. The highest BCUT2D eigenvalue weighted by Crippen LogP contribution is 2.42. The number of methoxy groups -OCH3 is 1. The van der Waals surface area contributed by atoms with Gasteiger partial charge in [-0.3, -0.25) is 0 Å². The second-order valence-electron chi connectivity index (χ2n) is 3.41. The summed E-state index contributed by atoms with van der Waals surface area (Å²) in [6.07, 6.45) is 2.73. The second-order valence-corrected chi connectivity index (χ2v) is 4.41. The van der Waals surface area contributed by atoms with Crippen LogP contribution in [0.2, 0.25) is 0 Å². The summed E-state index contributed by atoms with van der Waals surface area (Å²) in [6.45, 7) is 0. The monoisotopic (exact) mass is 200 g/mol. The summed E-state index contributed by atoms with van der Waals surface area (Å²) in [5.74, 6) is 0. The summed E-state index contributed by atoms with van der Waals surface area (Å²) < 4.78 is 4.97.